The van der Waals surface area contributed by atoms with Crippen molar-refractivity contribution < 1.29 is 5.21 Å². The molecule has 0 spiro atoms. The van der Waals surface area contributed by atoms with Gasteiger partial charge in [-0.15, -0.1) is 0 Å². The summed E-state index contributed by atoms with van der Waals surface area (Å²) in [6, 6.07) is 11.3. The van der Waals surface area contributed by atoms with Crippen molar-refractivity contribution in [1.29, 1.82) is 0 Å². The topological polar surface area (TPSA) is 58.3 Å². The largest absolute Gasteiger partial charge is 0.398 e. The Morgan fingerprint density at radius 2 is 1.92 bits per heavy atom. The zero-order valence-corrected chi connectivity index (χ0v) is 6.99. The summed E-state index contributed by atoms with van der Waals surface area (Å²) in [6.45, 7) is 0. The lowest BCUT2D eigenvalue weighted by molar-refractivity contribution is 0.389. The molecule has 2 rings (SSSR count). The van der Waals surface area contributed by atoms with E-state index in [0.717, 1.165) is 10.8 Å². The second-order valence-corrected chi connectivity index (χ2v) is 2.90. The normalized spacial score (nSPS) is 10.2. The number of anilines is 2. The van der Waals surface area contributed by atoms with E-state index in [2.05, 4.69) is 5.48 Å². The third kappa shape index (κ3) is 1.29. The Balaban J connectivity index is 2.77. The summed E-state index contributed by atoms with van der Waals surface area (Å²) < 4.78 is 0. The van der Waals surface area contributed by atoms with Gasteiger partial charge in [0.25, 0.3) is 0 Å². The molecule has 2 aromatic rings. The molecule has 0 fully saturated rings. The molecule has 2 aromatic carbocycles. The van der Waals surface area contributed by atoms with Crippen molar-refractivity contribution in [3.8, 4) is 0 Å². The smallest absolute Gasteiger partial charge is 0.0628 e. The first kappa shape index (κ1) is 7.89. The summed E-state index contributed by atoms with van der Waals surface area (Å²) in [5.74, 6) is 0. The Morgan fingerprint density at radius 1 is 1.15 bits per heavy atom. The SMILES string of the molecule is Nc1cc(NO)cc2ccccc12. The Kier molecular flexibility index (Phi) is 1.79. The fourth-order valence-corrected chi connectivity index (χ4v) is 1.40. The van der Waals surface area contributed by atoms with Crippen molar-refractivity contribution >= 4 is 22.1 Å². The average Bonchev–Trinajstić information content (AvgIpc) is 2.18. The van der Waals surface area contributed by atoms with Crippen LogP contribution in [0.25, 0.3) is 10.8 Å². The molecule has 0 radical (unpaired) electrons. The molecule has 0 aromatic heterocycles. The second kappa shape index (κ2) is 2.95. The van der Waals surface area contributed by atoms with E-state index in [1.165, 1.54) is 0 Å². The molecule has 0 atom stereocenters. The predicted octanol–water partition coefficient (Wildman–Crippen LogP) is 2.22. The van der Waals surface area contributed by atoms with Crippen LogP contribution >= 0.6 is 0 Å². The zero-order valence-electron chi connectivity index (χ0n) is 6.99. The van der Waals surface area contributed by atoms with Gasteiger partial charge in [-0.3, -0.25) is 10.7 Å². The number of hydrogen-bond acceptors (Lipinski definition) is 3. The number of nitrogen functional groups attached to an aromatic ring is 1. The van der Waals surface area contributed by atoms with Gasteiger partial charge in [0.1, 0.15) is 0 Å². The lowest BCUT2D eigenvalue weighted by Crippen LogP contribution is -1.92. The zero-order chi connectivity index (χ0) is 9.26. The summed E-state index contributed by atoms with van der Waals surface area (Å²) in [6.07, 6.45) is 0. The van der Waals surface area contributed by atoms with E-state index in [1.54, 1.807) is 6.07 Å². The number of rotatable bonds is 1. The second-order valence-electron chi connectivity index (χ2n) is 2.90. The Labute approximate surface area is 75.8 Å². The molecule has 0 amide bonds. The van der Waals surface area contributed by atoms with Crippen molar-refractivity contribution in [3.63, 3.8) is 0 Å². The summed E-state index contributed by atoms with van der Waals surface area (Å²) in [5.41, 5.74) is 9.13. The van der Waals surface area contributed by atoms with E-state index < -0.39 is 0 Å². The molecule has 3 heteroatoms. The Bertz CT molecular complexity index is 440. The molecule has 0 aliphatic carbocycles. The highest BCUT2D eigenvalue weighted by molar-refractivity contribution is 5.95. The van der Waals surface area contributed by atoms with Gasteiger partial charge in [-0.05, 0) is 17.5 Å². The molecule has 0 saturated carbocycles. The summed E-state index contributed by atoms with van der Waals surface area (Å²) in [4.78, 5) is 0. The van der Waals surface area contributed by atoms with Gasteiger partial charge in [0.05, 0.1) is 5.69 Å². The minimum Gasteiger partial charge on any atom is -0.398 e. The van der Waals surface area contributed by atoms with Gasteiger partial charge in [0, 0.05) is 11.1 Å². The number of nitrogens with one attached hydrogen (secondary N) is 1. The van der Waals surface area contributed by atoms with Crippen LogP contribution < -0.4 is 11.2 Å². The van der Waals surface area contributed by atoms with E-state index in [4.69, 9.17) is 10.9 Å². The molecule has 0 aliphatic heterocycles. The van der Waals surface area contributed by atoms with E-state index in [0.29, 0.717) is 11.4 Å². The van der Waals surface area contributed by atoms with Crippen molar-refractivity contribution in [2.24, 2.45) is 0 Å². The molecule has 0 aliphatic rings. The summed E-state index contributed by atoms with van der Waals surface area (Å²) in [7, 11) is 0. The van der Waals surface area contributed by atoms with E-state index >= 15 is 0 Å². The van der Waals surface area contributed by atoms with Crippen LogP contribution in [0.1, 0.15) is 0 Å². The number of benzene rings is 2. The molecular formula is C10H10N2O. The van der Waals surface area contributed by atoms with Crippen LogP contribution in [-0.4, -0.2) is 5.21 Å². The van der Waals surface area contributed by atoms with Crippen LogP contribution in [0.5, 0.6) is 0 Å². The maximum absolute atomic E-state index is 8.72. The van der Waals surface area contributed by atoms with Crippen LogP contribution in [0, 0.1) is 0 Å². The number of hydrogen-bond donors (Lipinski definition) is 3. The quantitative estimate of drug-likeness (QED) is 0.459. The first-order valence-corrected chi connectivity index (χ1v) is 3.99. The molecule has 0 bridgehead atoms. The molecular weight excluding hydrogens is 164 g/mol. The predicted molar refractivity (Wildman–Crippen MR) is 53.8 cm³/mol. The van der Waals surface area contributed by atoms with Gasteiger partial charge in [-0.25, -0.2) is 0 Å². The van der Waals surface area contributed by atoms with Crippen LogP contribution in [0.15, 0.2) is 36.4 Å². The van der Waals surface area contributed by atoms with Gasteiger partial charge in [0.2, 0.25) is 0 Å². The van der Waals surface area contributed by atoms with E-state index in [9.17, 15) is 0 Å². The van der Waals surface area contributed by atoms with Gasteiger partial charge >= 0.3 is 0 Å². The Morgan fingerprint density at radius 3 is 2.69 bits per heavy atom. The highest BCUT2D eigenvalue weighted by Gasteiger charge is 1.99. The number of fused-ring (bicyclic) bond motifs is 1. The van der Waals surface area contributed by atoms with E-state index in [-0.39, 0.29) is 0 Å². The van der Waals surface area contributed by atoms with Crippen molar-refractivity contribution in [1.82, 2.24) is 0 Å². The molecule has 0 unspecified atom stereocenters. The molecule has 0 heterocycles. The van der Waals surface area contributed by atoms with Gasteiger partial charge < -0.3 is 5.73 Å². The van der Waals surface area contributed by atoms with Crippen molar-refractivity contribution in [3.05, 3.63) is 36.4 Å². The highest BCUT2D eigenvalue weighted by Crippen LogP contribution is 2.25. The molecule has 4 N–H and O–H groups in total. The number of nitrogens with two attached hydrogens (primary N) is 1. The third-order valence-corrected chi connectivity index (χ3v) is 2.02. The summed E-state index contributed by atoms with van der Waals surface area (Å²) >= 11 is 0. The maximum atomic E-state index is 8.72. The van der Waals surface area contributed by atoms with Crippen molar-refractivity contribution in [2.75, 3.05) is 11.2 Å². The highest BCUT2D eigenvalue weighted by atomic mass is 16.5. The van der Waals surface area contributed by atoms with E-state index in [1.807, 2.05) is 30.3 Å². The molecule has 66 valence electrons. The summed E-state index contributed by atoms with van der Waals surface area (Å²) in [5, 5.41) is 10.7. The van der Waals surface area contributed by atoms with Crippen LogP contribution in [0.2, 0.25) is 0 Å². The molecule has 0 saturated heterocycles. The lowest BCUT2D eigenvalue weighted by atomic mass is 10.1. The van der Waals surface area contributed by atoms with Gasteiger partial charge in [-0.1, -0.05) is 24.3 Å². The Hall–Kier alpha value is -1.74. The first-order chi connectivity index (χ1) is 6.31. The lowest BCUT2D eigenvalue weighted by Gasteiger charge is -2.04. The monoisotopic (exact) mass is 174 g/mol. The maximum Gasteiger partial charge on any atom is 0.0628 e. The van der Waals surface area contributed by atoms with Crippen LogP contribution in [-0.2, 0) is 0 Å². The van der Waals surface area contributed by atoms with Gasteiger partial charge in [-0.2, -0.15) is 0 Å². The minimum absolute atomic E-state index is 0.608. The fourth-order valence-electron chi connectivity index (χ4n) is 1.40. The fraction of sp³-hybridized carbons (Fsp3) is 0. The minimum atomic E-state index is 0.608. The first-order valence-electron chi connectivity index (χ1n) is 3.99. The van der Waals surface area contributed by atoms with Gasteiger partial charge in [0.15, 0.2) is 0 Å². The molecule has 3 nitrogen and oxygen atoms in total. The standard InChI is InChI=1S/C10H10N2O/c11-10-6-8(12-13)5-7-3-1-2-4-9(7)10/h1-6,12-13H,11H2. The van der Waals surface area contributed by atoms with Crippen LogP contribution in [0.4, 0.5) is 11.4 Å². The van der Waals surface area contributed by atoms with Crippen LogP contribution in [0.3, 0.4) is 0 Å². The molecule has 13 heavy (non-hydrogen) atoms. The average molecular weight is 174 g/mol. The third-order valence-electron chi connectivity index (χ3n) is 2.02. The van der Waals surface area contributed by atoms with Crippen molar-refractivity contribution in [2.45, 2.75) is 0 Å².